The van der Waals surface area contributed by atoms with Crippen LogP contribution in [0.25, 0.3) is 0 Å². The van der Waals surface area contributed by atoms with Crippen molar-refractivity contribution in [2.75, 3.05) is 5.32 Å². The van der Waals surface area contributed by atoms with Gasteiger partial charge in [0.15, 0.2) is 0 Å². The van der Waals surface area contributed by atoms with E-state index >= 15 is 0 Å². The fourth-order valence-electron chi connectivity index (χ4n) is 2.20. The largest absolute Gasteiger partial charge is 0.307 e. The van der Waals surface area contributed by atoms with Gasteiger partial charge in [0.05, 0.1) is 0 Å². The topological polar surface area (TPSA) is 42.0 Å². The molecule has 0 aliphatic rings. The maximum atomic E-state index is 12.2. The van der Waals surface area contributed by atoms with Gasteiger partial charge < -0.3 is 5.32 Å². The monoisotopic (exact) mass is 254 g/mol. The summed E-state index contributed by atoms with van der Waals surface area (Å²) in [4.78, 5) is 16.5. The summed E-state index contributed by atoms with van der Waals surface area (Å²) in [6.07, 6.45) is 0. The molecule has 0 spiro atoms. The number of carbonyl (C=O) groups is 1. The van der Waals surface area contributed by atoms with E-state index in [1.54, 1.807) is 0 Å². The van der Waals surface area contributed by atoms with Gasteiger partial charge in [0, 0.05) is 11.3 Å². The Morgan fingerprint density at radius 2 is 1.47 bits per heavy atom. The molecule has 3 nitrogen and oxygen atoms in total. The first kappa shape index (κ1) is 13.3. The maximum Gasteiger partial charge on any atom is 0.256 e. The third kappa shape index (κ3) is 3.41. The Morgan fingerprint density at radius 3 is 2.05 bits per heavy atom. The average molecular weight is 254 g/mol. The van der Waals surface area contributed by atoms with Crippen LogP contribution in [-0.2, 0) is 0 Å². The van der Waals surface area contributed by atoms with Crippen molar-refractivity contribution in [3.63, 3.8) is 0 Å². The molecule has 1 N–H and O–H groups in total. The predicted molar refractivity (Wildman–Crippen MR) is 77.6 cm³/mol. The van der Waals surface area contributed by atoms with Gasteiger partial charge in [0.1, 0.15) is 5.82 Å². The van der Waals surface area contributed by atoms with Crippen LogP contribution in [0.3, 0.4) is 0 Å². The summed E-state index contributed by atoms with van der Waals surface area (Å²) in [5.74, 6) is 0.478. The Morgan fingerprint density at radius 1 is 0.895 bits per heavy atom. The highest BCUT2D eigenvalue weighted by molar-refractivity contribution is 6.04. The van der Waals surface area contributed by atoms with Gasteiger partial charge in [-0.15, -0.1) is 0 Å². The molecular formula is C16H18N2O. The number of hydrogen-bond donors (Lipinski definition) is 1. The van der Waals surface area contributed by atoms with E-state index in [1.807, 2.05) is 58.0 Å². The molecule has 0 aliphatic carbocycles. The quantitative estimate of drug-likeness (QED) is 0.890. The summed E-state index contributed by atoms with van der Waals surface area (Å²) < 4.78 is 0. The predicted octanol–water partition coefficient (Wildman–Crippen LogP) is 3.57. The van der Waals surface area contributed by atoms with Crippen molar-refractivity contribution in [3.8, 4) is 0 Å². The fourth-order valence-corrected chi connectivity index (χ4v) is 2.20. The number of rotatable bonds is 2. The molecule has 1 amide bonds. The Kier molecular flexibility index (Phi) is 3.65. The van der Waals surface area contributed by atoms with Gasteiger partial charge in [0.25, 0.3) is 5.91 Å². The number of anilines is 1. The first-order valence-corrected chi connectivity index (χ1v) is 6.29. The molecule has 0 bridgehead atoms. The molecule has 1 aromatic heterocycles. The molecule has 0 fully saturated rings. The number of benzene rings is 1. The molecule has 2 aromatic rings. The number of amides is 1. The van der Waals surface area contributed by atoms with Crippen LogP contribution in [0.5, 0.6) is 0 Å². The minimum atomic E-state index is -0.121. The second kappa shape index (κ2) is 5.22. The standard InChI is InChI=1S/C16H18N2O/c1-10-5-11(2)8-14(7-10)16(19)18-15-9-12(3)6-13(4)17-15/h5-9H,1-4H3,(H,17,18,19). The average Bonchev–Trinajstić information content (AvgIpc) is 2.25. The highest BCUT2D eigenvalue weighted by Gasteiger charge is 2.08. The van der Waals surface area contributed by atoms with Crippen molar-refractivity contribution >= 4 is 11.7 Å². The van der Waals surface area contributed by atoms with E-state index in [4.69, 9.17) is 0 Å². The van der Waals surface area contributed by atoms with E-state index in [0.717, 1.165) is 22.4 Å². The lowest BCUT2D eigenvalue weighted by Gasteiger charge is -2.08. The van der Waals surface area contributed by atoms with Crippen LogP contribution in [0.15, 0.2) is 30.3 Å². The molecule has 0 aliphatic heterocycles. The Hall–Kier alpha value is -2.16. The zero-order chi connectivity index (χ0) is 14.0. The van der Waals surface area contributed by atoms with Crippen LogP contribution in [0, 0.1) is 27.7 Å². The van der Waals surface area contributed by atoms with Gasteiger partial charge in [-0.1, -0.05) is 17.2 Å². The van der Waals surface area contributed by atoms with Gasteiger partial charge in [-0.05, 0) is 57.5 Å². The summed E-state index contributed by atoms with van der Waals surface area (Å²) in [6, 6.07) is 9.65. The first-order valence-electron chi connectivity index (χ1n) is 6.29. The summed E-state index contributed by atoms with van der Waals surface area (Å²) in [6.45, 7) is 7.87. The van der Waals surface area contributed by atoms with Crippen molar-refractivity contribution in [2.24, 2.45) is 0 Å². The lowest BCUT2D eigenvalue weighted by molar-refractivity contribution is 0.102. The summed E-state index contributed by atoms with van der Waals surface area (Å²) in [7, 11) is 0. The Labute approximate surface area is 113 Å². The second-order valence-corrected chi connectivity index (χ2v) is 5.00. The van der Waals surface area contributed by atoms with Crippen LogP contribution in [0.1, 0.15) is 32.7 Å². The lowest BCUT2D eigenvalue weighted by Crippen LogP contribution is -2.13. The van der Waals surface area contributed by atoms with Crippen molar-refractivity contribution in [1.29, 1.82) is 0 Å². The van der Waals surface area contributed by atoms with Crippen LogP contribution in [0.2, 0.25) is 0 Å². The summed E-state index contributed by atoms with van der Waals surface area (Å²) in [5.41, 5.74) is 4.81. The number of aromatic nitrogens is 1. The molecule has 98 valence electrons. The number of hydrogen-bond acceptors (Lipinski definition) is 2. The third-order valence-corrected chi connectivity index (χ3v) is 2.82. The number of nitrogens with zero attached hydrogens (tertiary/aromatic N) is 1. The van der Waals surface area contributed by atoms with E-state index < -0.39 is 0 Å². The molecular weight excluding hydrogens is 236 g/mol. The molecule has 1 aromatic carbocycles. The normalized spacial score (nSPS) is 10.3. The van der Waals surface area contributed by atoms with Crippen molar-refractivity contribution in [3.05, 3.63) is 58.3 Å². The van der Waals surface area contributed by atoms with Crippen LogP contribution in [0.4, 0.5) is 5.82 Å². The molecule has 0 radical (unpaired) electrons. The molecule has 3 heteroatoms. The van der Waals surface area contributed by atoms with Crippen LogP contribution < -0.4 is 5.32 Å². The Bertz CT molecular complexity index is 592. The zero-order valence-corrected chi connectivity index (χ0v) is 11.7. The number of carbonyl (C=O) groups excluding carboxylic acids is 1. The first-order chi connectivity index (χ1) is 8.94. The highest BCUT2D eigenvalue weighted by atomic mass is 16.1. The summed E-state index contributed by atoms with van der Waals surface area (Å²) in [5, 5.41) is 2.84. The SMILES string of the molecule is Cc1cc(C)cc(C(=O)Nc2cc(C)cc(C)n2)c1. The maximum absolute atomic E-state index is 12.2. The Balaban J connectivity index is 2.25. The smallest absolute Gasteiger partial charge is 0.256 e. The minimum absolute atomic E-state index is 0.121. The van der Waals surface area contributed by atoms with Gasteiger partial charge in [-0.3, -0.25) is 4.79 Å². The highest BCUT2D eigenvalue weighted by Crippen LogP contribution is 2.13. The zero-order valence-electron chi connectivity index (χ0n) is 11.7. The molecule has 0 saturated carbocycles. The van der Waals surface area contributed by atoms with Gasteiger partial charge in [-0.25, -0.2) is 4.98 Å². The summed E-state index contributed by atoms with van der Waals surface area (Å²) >= 11 is 0. The number of aryl methyl sites for hydroxylation is 4. The second-order valence-electron chi connectivity index (χ2n) is 5.00. The van der Waals surface area contributed by atoms with E-state index in [2.05, 4.69) is 10.3 Å². The molecule has 19 heavy (non-hydrogen) atoms. The minimum Gasteiger partial charge on any atom is -0.307 e. The van der Waals surface area contributed by atoms with Crippen molar-refractivity contribution in [2.45, 2.75) is 27.7 Å². The van der Waals surface area contributed by atoms with Gasteiger partial charge in [-0.2, -0.15) is 0 Å². The molecule has 0 atom stereocenters. The molecule has 2 rings (SSSR count). The lowest BCUT2D eigenvalue weighted by atomic mass is 10.1. The van der Waals surface area contributed by atoms with E-state index in [9.17, 15) is 4.79 Å². The van der Waals surface area contributed by atoms with Gasteiger partial charge >= 0.3 is 0 Å². The van der Waals surface area contributed by atoms with E-state index in [0.29, 0.717) is 11.4 Å². The van der Waals surface area contributed by atoms with Crippen LogP contribution >= 0.6 is 0 Å². The third-order valence-electron chi connectivity index (χ3n) is 2.82. The van der Waals surface area contributed by atoms with Crippen molar-refractivity contribution < 1.29 is 4.79 Å². The van der Waals surface area contributed by atoms with Gasteiger partial charge in [0.2, 0.25) is 0 Å². The van der Waals surface area contributed by atoms with E-state index in [1.165, 1.54) is 0 Å². The molecule has 0 unspecified atom stereocenters. The number of pyridine rings is 1. The van der Waals surface area contributed by atoms with E-state index in [-0.39, 0.29) is 5.91 Å². The fraction of sp³-hybridized carbons (Fsp3) is 0.250. The molecule has 0 saturated heterocycles. The van der Waals surface area contributed by atoms with Crippen LogP contribution in [-0.4, -0.2) is 10.9 Å². The van der Waals surface area contributed by atoms with Crippen molar-refractivity contribution in [1.82, 2.24) is 4.98 Å². The molecule has 1 heterocycles. The number of nitrogens with one attached hydrogen (secondary N) is 1.